The molecule has 0 aliphatic carbocycles. The second-order valence-electron chi connectivity index (χ2n) is 5.37. The Labute approximate surface area is 139 Å². The maximum absolute atomic E-state index is 12.6. The summed E-state index contributed by atoms with van der Waals surface area (Å²) in [7, 11) is 1.54. The lowest BCUT2D eigenvalue weighted by molar-refractivity contribution is -0.135. The number of amides is 2. The highest BCUT2D eigenvalue weighted by Crippen LogP contribution is 2.33. The number of thiophene rings is 1. The standard InChI is InChI=1S/C18H18N2O2S/c1-3-20(12-13-8-5-4-6-9-13)16-15(14-10-7-11-23-14)17(21)19(2)18(16)22/h4-11H,3,12H2,1-2H3. The fourth-order valence-corrected chi connectivity index (χ4v) is 3.48. The molecule has 0 bridgehead atoms. The fourth-order valence-electron chi connectivity index (χ4n) is 2.72. The maximum atomic E-state index is 12.6. The molecule has 5 heteroatoms. The lowest BCUT2D eigenvalue weighted by Crippen LogP contribution is -2.32. The van der Waals surface area contributed by atoms with Crippen molar-refractivity contribution in [1.82, 2.24) is 9.80 Å². The van der Waals surface area contributed by atoms with Gasteiger partial charge in [0.2, 0.25) is 0 Å². The molecule has 0 saturated heterocycles. The minimum atomic E-state index is -0.226. The molecule has 0 unspecified atom stereocenters. The number of likely N-dealkylation sites (N-methyl/N-ethyl adjacent to an activating group) is 2. The predicted molar refractivity (Wildman–Crippen MR) is 91.5 cm³/mol. The quantitative estimate of drug-likeness (QED) is 0.793. The summed E-state index contributed by atoms with van der Waals surface area (Å²) in [5.41, 5.74) is 2.14. The van der Waals surface area contributed by atoms with E-state index in [0.29, 0.717) is 24.4 Å². The summed E-state index contributed by atoms with van der Waals surface area (Å²) in [5, 5.41) is 1.92. The van der Waals surface area contributed by atoms with E-state index < -0.39 is 0 Å². The highest BCUT2D eigenvalue weighted by atomic mass is 32.1. The third-order valence-electron chi connectivity index (χ3n) is 3.94. The Balaban J connectivity index is 2.04. The smallest absolute Gasteiger partial charge is 0.277 e. The lowest BCUT2D eigenvalue weighted by Gasteiger charge is -2.24. The SMILES string of the molecule is CCN(Cc1ccccc1)C1=C(c2cccs2)C(=O)N(C)C1=O. The average Bonchev–Trinajstić information content (AvgIpc) is 3.17. The third kappa shape index (κ3) is 2.80. The molecule has 2 heterocycles. The summed E-state index contributed by atoms with van der Waals surface area (Å²) in [4.78, 5) is 29.2. The Hall–Kier alpha value is -2.40. The van der Waals surface area contributed by atoms with Gasteiger partial charge in [0.1, 0.15) is 5.70 Å². The molecule has 0 spiro atoms. The van der Waals surface area contributed by atoms with Gasteiger partial charge < -0.3 is 4.90 Å². The average molecular weight is 326 g/mol. The molecule has 0 radical (unpaired) electrons. The van der Waals surface area contributed by atoms with Crippen molar-refractivity contribution < 1.29 is 9.59 Å². The number of carbonyl (C=O) groups is 2. The van der Waals surface area contributed by atoms with E-state index in [2.05, 4.69) is 0 Å². The van der Waals surface area contributed by atoms with Gasteiger partial charge in [0.05, 0.1) is 5.57 Å². The minimum absolute atomic E-state index is 0.223. The Morgan fingerprint density at radius 2 is 1.78 bits per heavy atom. The number of hydrogen-bond acceptors (Lipinski definition) is 4. The molecule has 0 atom stereocenters. The highest BCUT2D eigenvalue weighted by Gasteiger charge is 2.39. The zero-order valence-corrected chi connectivity index (χ0v) is 14.0. The van der Waals surface area contributed by atoms with Crippen LogP contribution < -0.4 is 0 Å². The van der Waals surface area contributed by atoms with Gasteiger partial charge >= 0.3 is 0 Å². The van der Waals surface area contributed by atoms with Gasteiger partial charge in [-0.25, -0.2) is 0 Å². The molecule has 4 nitrogen and oxygen atoms in total. The van der Waals surface area contributed by atoms with Crippen LogP contribution in [0.4, 0.5) is 0 Å². The van der Waals surface area contributed by atoms with E-state index in [1.807, 2.05) is 59.7 Å². The summed E-state index contributed by atoms with van der Waals surface area (Å²) >= 11 is 1.48. The number of nitrogens with zero attached hydrogens (tertiary/aromatic N) is 2. The van der Waals surface area contributed by atoms with E-state index in [-0.39, 0.29) is 11.8 Å². The van der Waals surface area contributed by atoms with Crippen LogP contribution in [0.25, 0.3) is 5.57 Å². The normalized spacial score (nSPS) is 14.8. The van der Waals surface area contributed by atoms with Crippen LogP contribution in [0.3, 0.4) is 0 Å². The Morgan fingerprint density at radius 3 is 2.39 bits per heavy atom. The molecule has 1 aliphatic rings. The van der Waals surface area contributed by atoms with Crippen LogP contribution in [-0.4, -0.2) is 35.2 Å². The largest absolute Gasteiger partial charge is 0.362 e. The van der Waals surface area contributed by atoms with Gasteiger partial charge in [-0.3, -0.25) is 14.5 Å². The van der Waals surface area contributed by atoms with Crippen LogP contribution in [0.15, 0.2) is 53.5 Å². The molecule has 3 rings (SSSR count). The van der Waals surface area contributed by atoms with Crippen molar-refractivity contribution in [3.8, 4) is 0 Å². The van der Waals surface area contributed by atoms with Gasteiger partial charge in [-0.15, -0.1) is 11.3 Å². The molecule has 2 amide bonds. The van der Waals surface area contributed by atoms with Crippen LogP contribution in [0.1, 0.15) is 17.4 Å². The fraction of sp³-hybridized carbons (Fsp3) is 0.222. The number of imide groups is 1. The molecule has 2 aromatic rings. The third-order valence-corrected chi connectivity index (χ3v) is 4.83. The zero-order valence-electron chi connectivity index (χ0n) is 13.2. The van der Waals surface area contributed by atoms with Crippen molar-refractivity contribution >= 4 is 28.7 Å². The van der Waals surface area contributed by atoms with Crippen LogP contribution >= 0.6 is 11.3 Å². The van der Waals surface area contributed by atoms with E-state index in [9.17, 15) is 9.59 Å². The molecular formula is C18H18N2O2S. The summed E-state index contributed by atoms with van der Waals surface area (Å²) < 4.78 is 0. The molecule has 118 valence electrons. The van der Waals surface area contributed by atoms with Crippen LogP contribution in [0.2, 0.25) is 0 Å². The van der Waals surface area contributed by atoms with Crippen LogP contribution in [0.5, 0.6) is 0 Å². The van der Waals surface area contributed by atoms with E-state index in [4.69, 9.17) is 0 Å². The van der Waals surface area contributed by atoms with E-state index in [0.717, 1.165) is 10.4 Å². The van der Waals surface area contributed by atoms with Gasteiger partial charge in [-0.1, -0.05) is 36.4 Å². The molecular weight excluding hydrogens is 308 g/mol. The highest BCUT2D eigenvalue weighted by molar-refractivity contribution is 7.11. The number of benzene rings is 1. The van der Waals surface area contributed by atoms with Gasteiger partial charge in [-0.05, 0) is 23.9 Å². The first-order valence-electron chi connectivity index (χ1n) is 7.53. The molecule has 0 N–H and O–H groups in total. The van der Waals surface area contributed by atoms with Crippen molar-refractivity contribution in [3.63, 3.8) is 0 Å². The van der Waals surface area contributed by atoms with E-state index in [1.165, 1.54) is 16.2 Å². The van der Waals surface area contributed by atoms with Crippen LogP contribution in [-0.2, 0) is 16.1 Å². The predicted octanol–water partition coefficient (Wildman–Crippen LogP) is 2.98. The number of hydrogen-bond donors (Lipinski definition) is 0. The zero-order chi connectivity index (χ0) is 16.4. The van der Waals surface area contributed by atoms with Crippen molar-refractivity contribution in [3.05, 3.63) is 64.0 Å². The van der Waals surface area contributed by atoms with Gasteiger partial charge in [0.25, 0.3) is 11.8 Å². The number of carbonyl (C=O) groups excluding carboxylic acids is 2. The first-order valence-corrected chi connectivity index (χ1v) is 8.40. The molecule has 0 saturated carbocycles. The van der Waals surface area contributed by atoms with Crippen LogP contribution in [0, 0.1) is 0 Å². The monoisotopic (exact) mass is 326 g/mol. The minimum Gasteiger partial charge on any atom is -0.362 e. The number of rotatable bonds is 5. The Morgan fingerprint density at radius 1 is 1.04 bits per heavy atom. The molecule has 0 fully saturated rings. The lowest BCUT2D eigenvalue weighted by atomic mass is 10.1. The summed E-state index contributed by atoms with van der Waals surface area (Å²) in [6, 6.07) is 13.8. The summed E-state index contributed by atoms with van der Waals surface area (Å²) in [6.45, 7) is 3.26. The van der Waals surface area contributed by atoms with Crippen molar-refractivity contribution in [2.24, 2.45) is 0 Å². The Bertz CT molecular complexity index is 751. The first-order chi connectivity index (χ1) is 11.1. The second kappa shape index (κ2) is 6.38. The molecule has 1 aromatic carbocycles. The van der Waals surface area contributed by atoms with E-state index >= 15 is 0 Å². The van der Waals surface area contributed by atoms with Crippen molar-refractivity contribution in [2.75, 3.05) is 13.6 Å². The van der Waals surface area contributed by atoms with Gasteiger partial charge in [-0.2, -0.15) is 0 Å². The summed E-state index contributed by atoms with van der Waals surface area (Å²) in [5.74, 6) is -0.449. The second-order valence-corrected chi connectivity index (χ2v) is 6.32. The molecule has 1 aliphatic heterocycles. The van der Waals surface area contributed by atoms with Crippen molar-refractivity contribution in [1.29, 1.82) is 0 Å². The van der Waals surface area contributed by atoms with E-state index in [1.54, 1.807) is 7.05 Å². The Kier molecular flexibility index (Phi) is 4.30. The topological polar surface area (TPSA) is 40.6 Å². The maximum Gasteiger partial charge on any atom is 0.277 e. The molecule has 23 heavy (non-hydrogen) atoms. The van der Waals surface area contributed by atoms with Gasteiger partial charge in [0.15, 0.2) is 0 Å². The first kappa shape index (κ1) is 15.5. The van der Waals surface area contributed by atoms with Gasteiger partial charge in [0, 0.05) is 25.0 Å². The summed E-state index contributed by atoms with van der Waals surface area (Å²) in [6.07, 6.45) is 0. The molecule has 1 aromatic heterocycles. The van der Waals surface area contributed by atoms with Crippen molar-refractivity contribution in [2.45, 2.75) is 13.5 Å².